The average molecular weight is 243 g/mol. The number of phenols is 1. The number of hydrogen-bond donors (Lipinski definition) is 2. The highest BCUT2D eigenvalue weighted by Crippen LogP contribution is 2.31. The summed E-state index contributed by atoms with van der Waals surface area (Å²) in [6, 6.07) is 7.23. The maximum absolute atomic E-state index is 10.1. The summed E-state index contributed by atoms with van der Waals surface area (Å²) in [7, 11) is 0. The Hall–Kier alpha value is -1.83. The number of rotatable bonds is 3. The molecule has 0 radical (unpaired) electrons. The summed E-state index contributed by atoms with van der Waals surface area (Å²) in [4.78, 5) is 2.25. The molecule has 1 atom stereocenters. The van der Waals surface area contributed by atoms with Crippen LogP contribution >= 0.6 is 0 Å². The molecule has 0 amide bonds. The summed E-state index contributed by atoms with van der Waals surface area (Å²) in [6.07, 6.45) is 1.82. The van der Waals surface area contributed by atoms with Gasteiger partial charge in [0.05, 0.1) is 11.6 Å². The first-order valence-corrected chi connectivity index (χ1v) is 6.07. The van der Waals surface area contributed by atoms with Crippen molar-refractivity contribution < 1.29 is 5.11 Å². The summed E-state index contributed by atoms with van der Waals surface area (Å²) >= 11 is 0. The fourth-order valence-corrected chi connectivity index (χ4v) is 2.32. The Morgan fingerprint density at radius 3 is 2.78 bits per heavy atom. The lowest BCUT2D eigenvalue weighted by atomic mass is 10.0. The van der Waals surface area contributed by atoms with E-state index < -0.39 is 0 Å². The number of benzene rings is 1. The van der Waals surface area contributed by atoms with Crippen molar-refractivity contribution in [3.05, 3.63) is 42.0 Å². The van der Waals surface area contributed by atoms with Crippen LogP contribution in [0.4, 0.5) is 0 Å². The number of nitriles is 1. The Kier molecular flexibility index (Phi) is 3.98. The zero-order valence-corrected chi connectivity index (χ0v) is 10.3. The SMILES string of the molecule is C=C[C@@H](c1cccc(C#N)c1O)N1CCNCC1. The molecule has 2 N–H and O–H groups in total. The number of nitrogens with zero attached hydrogens (tertiary/aromatic N) is 2. The van der Waals surface area contributed by atoms with Crippen molar-refractivity contribution in [3.63, 3.8) is 0 Å². The van der Waals surface area contributed by atoms with Crippen LogP contribution in [0.5, 0.6) is 5.75 Å². The van der Waals surface area contributed by atoms with E-state index in [1.807, 2.05) is 18.2 Å². The molecule has 1 aromatic rings. The van der Waals surface area contributed by atoms with E-state index in [2.05, 4.69) is 16.8 Å². The first kappa shape index (κ1) is 12.6. The van der Waals surface area contributed by atoms with E-state index in [1.54, 1.807) is 12.1 Å². The lowest BCUT2D eigenvalue weighted by Gasteiger charge is -2.33. The van der Waals surface area contributed by atoms with Crippen LogP contribution in [0.3, 0.4) is 0 Å². The molecule has 94 valence electrons. The smallest absolute Gasteiger partial charge is 0.138 e. The average Bonchev–Trinajstić information content (AvgIpc) is 2.43. The second-order valence-corrected chi connectivity index (χ2v) is 4.32. The highest BCUT2D eigenvalue weighted by Gasteiger charge is 2.22. The maximum atomic E-state index is 10.1. The van der Waals surface area contributed by atoms with Crippen molar-refractivity contribution in [1.29, 1.82) is 5.26 Å². The van der Waals surface area contributed by atoms with E-state index in [-0.39, 0.29) is 11.8 Å². The van der Waals surface area contributed by atoms with Gasteiger partial charge in [0.1, 0.15) is 11.8 Å². The molecule has 18 heavy (non-hydrogen) atoms. The van der Waals surface area contributed by atoms with Crippen LogP contribution in [0, 0.1) is 11.3 Å². The number of para-hydroxylation sites is 1. The van der Waals surface area contributed by atoms with Crippen molar-refractivity contribution in [2.75, 3.05) is 26.2 Å². The Bertz CT molecular complexity index is 472. The van der Waals surface area contributed by atoms with Gasteiger partial charge in [-0.05, 0) is 6.07 Å². The van der Waals surface area contributed by atoms with Gasteiger partial charge in [0, 0.05) is 31.7 Å². The predicted octanol–water partition coefficient (Wildman–Crippen LogP) is 1.40. The molecule has 0 aromatic heterocycles. The Balaban J connectivity index is 2.32. The topological polar surface area (TPSA) is 59.3 Å². The zero-order valence-electron chi connectivity index (χ0n) is 10.3. The Morgan fingerprint density at radius 1 is 1.44 bits per heavy atom. The molecule has 1 aliphatic heterocycles. The van der Waals surface area contributed by atoms with Crippen LogP contribution < -0.4 is 5.32 Å². The molecule has 0 saturated carbocycles. The summed E-state index contributed by atoms with van der Waals surface area (Å²) in [5.41, 5.74) is 1.07. The first-order valence-electron chi connectivity index (χ1n) is 6.07. The van der Waals surface area contributed by atoms with Gasteiger partial charge >= 0.3 is 0 Å². The van der Waals surface area contributed by atoms with Crippen LogP contribution in [0.15, 0.2) is 30.9 Å². The van der Waals surface area contributed by atoms with Gasteiger partial charge in [0.25, 0.3) is 0 Å². The molecule has 2 rings (SSSR count). The third kappa shape index (κ3) is 2.37. The molecular weight excluding hydrogens is 226 g/mol. The minimum Gasteiger partial charge on any atom is -0.506 e. The Labute approximate surface area is 107 Å². The van der Waals surface area contributed by atoms with Crippen molar-refractivity contribution in [2.24, 2.45) is 0 Å². The summed E-state index contributed by atoms with van der Waals surface area (Å²) in [5, 5.41) is 22.3. The number of piperazine rings is 1. The van der Waals surface area contributed by atoms with Crippen molar-refractivity contribution in [2.45, 2.75) is 6.04 Å². The van der Waals surface area contributed by atoms with E-state index in [0.717, 1.165) is 31.7 Å². The third-order valence-electron chi connectivity index (χ3n) is 3.27. The second kappa shape index (κ2) is 5.67. The molecule has 4 heteroatoms. The van der Waals surface area contributed by atoms with Gasteiger partial charge in [-0.25, -0.2) is 0 Å². The molecule has 0 aliphatic carbocycles. The third-order valence-corrected chi connectivity index (χ3v) is 3.27. The molecular formula is C14H17N3O. The van der Waals surface area contributed by atoms with Crippen molar-refractivity contribution in [1.82, 2.24) is 10.2 Å². The molecule has 0 bridgehead atoms. The predicted molar refractivity (Wildman–Crippen MR) is 70.2 cm³/mol. The summed E-state index contributed by atoms with van der Waals surface area (Å²) < 4.78 is 0. The van der Waals surface area contributed by atoms with Gasteiger partial charge in [0.15, 0.2) is 0 Å². The fourth-order valence-electron chi connectivity index (χ4n) is 2.32. The number of nitrogens with one attached hydrogen (secondary N) is 1. The van der Waals surface area contributed by atoms with Crippen molar-refractivity contribution >= 4 is 0 Å². The zero-order chi connectivity index (χ0) is 13.0. The van der Waals surface area contributed by atoms with Gasteiger partial charge < -0.3 is 10.4 Å². The minimum atomic E-state index is -0.0413. The first-order chi connectivity index (χ1) is 8.77. The standard InChI is InChI=1S/C14H17N3O/c1-2-13(17-8-6-16-7-9-17)12-5-3-4-11(10-15)14(12)18/h2-5,13,16,18H,1,6-9H2/t13-/m0/s1. The van der Waals surface area contributed by atoms with E-state index >= 15 is 0 Å². The van der Waals surface area contributed by atoms with Gasteiger partial charge in [-0.3, -0.25) is 4.90 Å². The number of hydrogen-bond acceptors (Lipinski definition) is 4. The van der Waals surface area contributed by atoms with Gasteiger partial charge in [0.2, 0.25) is 0 Å². The molecule has 1 saturated heterocycles. The number of phenolic OH excluding ortho intramolecular Hbond substituents is 1. The lowest BCUT2D eigenvalue weighted by molar-refractivity contribution is 0.201. The number of aromatic hydroxyl groups is 1. The lowest BCUT2D eigenvalue weighted by Crippen LogP contribution is -2.44. The highest BCUT2D eigenvalue weighted by atomic mass is 16.3. The highest BCUT2D eigenvalue weighted by molar-refractivity contribution is 5.49. The van der Waals surface area contributed by atoms with Crippen LogP contribution in [0.1, 0.15) is 17.2 Å². The Morgan fingerprint density at radius 2 is 2.17 bits per heavy atom. The molecule has 1 aliphatic rings. The van der Waals surface area contributed by atoms with E-state index in [9.17, 15) is 5.11 Å². The van der Waals surface area contributed by atoms with Gasteiger partial charge in [-0.2, -0.15) is 5.26 Å². The molecule has 0 unspecified atom stereocenters. The van der Waals surface area contributed by atoms with E-state index in [1.165, 1.54) is 0 Å². The second-order valence-electron chi connectivity index (χ2n) is 4.32. The van der Waals surface area contributed by atoms with Gasteiger partial charge in [-0.1, -0.05) is 18.2 Å². The summed E-state index contributed by atoms with van der Waals surface area (Å²) in [5.74, 6) is 0.0726. The minimum absolute atomic E-state index is 0.0413. The monoisotopic (exact) mass is 243 g/mol. The van der Waals surface area contributed by atoms with Crippen LogP contribution in [-0.2, 0) is 0 Å². The molecule has 0 spiro atoms. The van der Waals surface area contributed by atoms with Crippen LogP contribution in [-0.4, -0.2) is 36.2 Å². The molecule has 4 nitrogen and oxygen atoms in total. The quantitative estimate of drug-likeness (QED) is 0.788. The van der Waals surface area contributed by atoms with Gasteiger partial charge in [-0.15, -0.1) is 6.58 Å². The molecule has 1 fully saturated rings. The van der Waals surface area contributed by atoms with E-state index in [0.29, 0.717) is 5.56 Å². The largest absolute Gasteiger partial charge is 0.506 e. The normalized spacial score (nSPS) is 17.9. The van der Waals surface area contributed by atoms with Crippen LogP contribution in [0.25, 0.3) is 0 Å². The molecule has 1 heterocycles. The van der Waals surface area contributed by atoms with E-state index in [4.69, 9.17) is 5.26 Å². The molecule has 1 aromatic carbocycles. The fraction of sp³-hybridized carbons (Fsp3) is 0.357. The van der Waals surface area contributed by atoms with Crippen LogP contribution in [0.2, 0.25) is 0 Å². The van der Waals surface area contributed by atoms with Crippen molar-refractivity contribution in [3.8, 4) is 11.8 Å². The maximum Gasteiger partial charge on any atom is 0.138 e. The summed E-state index contributed by atoms with van der Waals surface area (Å²) in [6.45, 7) is 7.54.